The minimum Gasteiger partial charge on any atom is -0.653 e. The van der Waals surface area contributed by atoms with E-state index in [1.165, 1.54) is 78.5 Å². The Labute approximate surface area is 260 Å². The Hall–Kier alpha value is 1.43. The molecule has 0 radical (unpaired) electrons. The maximum absolute atomic E-state index is 4.45. The maximum Gasteiger partial charge on any atom is 1.00 e. The van der Waals surface area contributed by atoms with Crippen LogP contribution >= 0.6 is 0 Å². The summed E-state index contributed by atoms with van der Waals surface area (Å²) in [5, 5.41) is 13.4. The van der Waals surface area contributed by atoms with Crippen molar-refractivity contribution in [1.29, 1.82) is 0 Å². The Morgan fingerprint density at radius 3 is 0.556 bits per heavy atom. The van der Waals surface area contributed by atoms with Gasteiger partial charge >= 0.3 is 56.6 Å². The molecule has 3 saturated heterocycles. The average molecular weight is 496 g/mol. The van der Waals surface area contributed by atoms with Gasteiger partial charge in [0.1, 0.15) is 39.3 Å². The SMILES string of the molecule is C[NH+]1CC[N-]CC[NH+](C)CC1.C[NH+]1CC[N-]CC[NH+](C)CC1.C[NH+]1CC[N-]CC[NH+](C)CC1.[Li+].[Li+].[Li+]. The van der Waals surface area contributed by atoms with Gasteiger partial charge < -0.3 is 45.3 Å². The average Bonchev–Trinajstić information content (AvgIpc) is 3.00. The van der Waals surface area contributed by atoms with Crippen molar-refractivity contribution in [3.05, 3.63) is 16.0 Å². The van der Waals surface area contributed by atoms with Crippen LogP contribution in [0.15, 0.2) is 0 Å². The van der Waals surface area contributed by atoms with Gasteiger partial charge in [-0.2, -0.15) is 0 Å². The van der Waals surface area contributed by atoms with Crippen molar-refractivity contribution in [3.8, 4) is 0 Å². The van der Waals surface area contributed by atoms with Gasteiger partial charge in [0.25, 0.3) is 0 Å². The van der Waals surface area contributed by atoms with Gasteiger partial charge in [-0.3, -0.25) is 0 Å². The molecule has 36 heavy (non-hydrogen) atoms. The molecule has 12 heteroatoms. The molecule has 6 unspecified atom stereocenters. The van der Waals surface area contributed by atoms with Crippen LogP contribution in [0, 0.1) is 0 Å². The molecule has 0 amide bonds. The second-order valence-electron chi connectivity index (χ2n) is 10.8. The van der Waals surface area contributed by atoms with E-state index in [4.69, 9.17) is 0 Å². The van der Waals surface area contributed by atoms with E-state index in [1.54, 1.807) is 29.4 Å². The summed E-state index contributed by atoms with van der Waals surface area (Å²) in [6.07, 6.45) is 0. The van der Waals surface area contributed by atoms with Gasteiger partial charge in [0.15, 0.2) is 0 Å². The van der Waals surface area contributed by atoms with E-state index >= 15 is 0 Å². The summed E-state index contributed by atoms with van der Waals surface area (Å²) in [5.74, 6) is 0. The van der Waals surface area contributed by atoms with E-state index in [1.807, 2.05) is 0 Å². The number of rotatable bonds is 0. The normalized spacial score (nSPS) is 32.5. The molecular weight excluding hydrogens is 435 g/mol. The minimum atomic E-state index is 0. The second-order valence-corrected chi connectivity index (χ2v) is 10.8. The molecule has 3 rings (SSSR count). The van der Waals surface area contributed by atoms with Gasteiger partial charge in [0.05, 0.1) is 81.6 Å². The maximum atomic E-state index is 4.45. The summed E-state index contributed by atoms with van der Waals surface area (Å²) in [5.41, 5.74) is 0. The third kappa shape index (κ3) is 25.7. The van der Waals surface area contributed by atoms with Crippen LogP contribution in [0.1, 0.15) is 0 Å². The van der Waals surface area contributed by atoms with Crippen LogP contribution in [0.4, 0.5) is 0 Å². The van der Waals surface area contributed by atoms with Crippen LogP contribution in [0.3, 0.4) is 0 Å². The smallest absolute Gasteiger partial charge is 0.653 e. The van der Waals surface area contributed by atoms with E-state index in [0.717, 1.165) is 39.3 Å². The van der Waals surface area contributed by atoms with Crippen molar-refractivity contribution in [3.63, 3.8) is 0 Å². The van der Waals surface area contributed by atoms with E-state index in [0.29, 0.717) is 0 Å². The molecule has 0 aliphatic carbocycles. The van der Waals surface area contributed by atoms with E-state index in [2.05, 4.69) is 58.2 Å². The molecule has 6 N–H and O–H groups in total. The Bertz CT molecular complexity index is 357. The first-order valence-electron chi connectivity index (χ1n) is 13.6. The topological polar surface area (TPSA) is 68.9 Å². The summed E-state index contributed by atoms with van der Waals surface area (Å²) in [7, 11) is 13.5. The number of hydrogen-bond acceptors (Lipinski definition) is 0. The molecule has 0 saturated carbocycles. The standard InChI is InChI=1S/3C8H18N3.3Li/c3*1-10-5-3-9-4-6-11(2)8-7-10;;;/h3*3-8H2,1-2H3;;;/q3*-1;3*+1/p+6. The third-order valence-corrected chi connectivity index (χ3v) is 7.12. The Morgan fingerprint density at radius 2 is 0.417 bits per heavy atom. The van der Waals surface area contributed by atoms with E-state index in [9.17, 15) is 0 Å². The number of hydrogen-bond donors (Lipinski definition) is 6. The Kier molecular flexibility index (Phi) is 32.6. The fourth-order valence-electron chi connectivity index (χ4n) is 3.99. The first-order chi connectivity index (χ1) is 15.9. The van der Waals surface area contributed by atoms with Gasteiger partial charge in [-0.1, -0.05) is 39.3 Å². The molecule has 0 aromatic heterocycles. The predicted molar refractivity (Wildman–Crippen MR) is 139 cm³/mol. The molecular formula is C24H60Li3N9+6. The largest absolute Gasteiger partial charge is 1.00 e. The Morgan fingerprint density at radius 1 is 0.278 bits per heavy atom. The molecule has 0 aromatic rings. The van der Waals surface area contributed by atoms with Crippen LogP contribution in [0.5, 0.6) is 0 Å². The molecule has 0 bridgehead atoms. The van der Waals surface area contributed by atoms with Gasteiger partial charge in [0.2, 0.25) is 0 Å². The molecule has 3 aliphatic rings. The molecule has 0 spiro atoms. The predicted octanol–water partition coefficient (Wildman–Crippen LogP) is -16.8. The van der Waals surface area contributed by atoms with Crippen molar-refractivity contribution in [1.82, 2.24) is 0 Å². The van der Waals surface area contributed by atoms with Crippen molar-refractivity contribution in [2.75, 3.05) is 160 Å². The van der Waals surface area contributed by atoms with E-state index < -0.39 is 0 Å². The number of quaternary nitrogens is 6. The number of nitrogens with one attached hydrogen (secondary N) is 6. The van der Waals surface area contributed by atoms with Crippen LogP contribution in [-0.4, -0.2) is 160 Å². The Balaban J connectivity index is -0.000000436. The van der Waals surface area contributed by atoms with E-state index in [-0.39, 0.29) is 56.6 Å². The van der Waals surface area contributed by atoms with Crippen molar-refractivity contribution < 1.29 is 86.0 Å². The molecule has 9 nitrogen and oxygen atoms in total. The molecule has 3 aliphatic heterocycles. The van der Waals surface area contributed by atoms with Crippen molar-refractivity contribution in [2.24, 2.45) is 0 Å². The van der Waals surface area contributed by atoms with Crippen LogP contribution in [0.2, 0.25) is 0 Å². The summed E-state index contributed by atoms with van der Waals surface area (Å²) < 4.78 is 0. The zero-order chi connectivity index (χ0) is 24.3. The monoisotopic (exact) mass is 496 g/mol. The summed E-state index contributed by atoms with van der Waals surface area (Å²) in [6.45, 7) is 21.4. The number of likely N-dealkylation sites (N-methyl/N-ethyl adjacent to an activating group) is 6. The van der Waals surface area contributed by atoms with Gasteiger partial charge in [0, 0.05) is 0 Å². The van der Waals surface area contributed by atoms with Gasteiger partial charge in [-0.05, 0) is 0 Å². The van der Waals surface area contributed by atoms with Gasteiger partial charge in [-0.15, -0.1) is 0 Å². The van der Waals surface area contributed by atoms with Crippen molar-refractivity contribution >= 4 is 0 Å². The summed E-state index contributed by atoms with van der Waals surface area (Å²) >= 11 is 0. The van der Waals surface area contributed by atoms with Crippen LogP contribution in [0.25, 0.3) is 16.0 Å². The fourth-order valence-corrected chi connectivity index (χ4v) is 3.99. The fraction of sp³-hybridized carbons (Fsp3) is 1.00. The molecule has 198 valence electrons. The summed E-state index contributed by atoms with van der Waals surface area (Å²) in [4.78, 5) is 9.72. The second kappa shape index (κ2) is 28.0. The van der Waals surface area contributed by atoms with Crippen LogP contribution in [-0.2, 0) is 0 Å². The molecule has 0 aromatic carbocycles. The van der Waals surface area contributed by atoms with Gasteiger partial charge in [-0.25, -0.2) is 0 Å². The third-order valence-electron chi connectivity index (χ3n) is 7.12. The zero-order valence-corrected chi connectivity index (χ0v) is 26.1. The first-order valence-corrected chi connectivity index (χ1v) is 13.6. The van der Waals surface area contributed by atoms with Crippen LogP contribution < -0.4 is 86.0 Å². The number of nitrogens with zero attached hydrogens (tertiary/aromatic N) is 3. The minimum absolute atomic E-state index is 0. The van der Waals surface area contributed by atoms with Crippen molar-refractivity contribution in [2.45, 2.75) is 0 Å². The molecule has 3 heterocycles. The molecule has 6 atom stereocenters. The quantitative estimate of drug-likeness (QED) is 0.181. The molecule has 3 fully saturated rings. The zero-order valence-electron chi connectivity index (χ0n) is 26.1. The summed E-state index contributed by atoms with van der Waals surface area (Å²) in [6, 6.07) is 0. The first kappa shape index (κ1) is 41.9.